The Labute approximate surface area is 124 Å². The number of aromatic nitrogens is 1. The second-order valence-corrected chi connectivity index (χ2v) is 5.22. The number of hydrogen-bond donors (Lipinski definition) is 1. The number of anilines is 2. The van der Waals surface area contributed by atoms with Gasteiger partial charge in [-0.1, -0.05) is 30.3 Å². The van der Waals surface area contributed by atoms with Crippen molar-refractivity contribution in [1.82, 2.24) is 4.98 Å². The zero-order valence-corrected chi connectivity index (χ0v) is 12.2. The smallest absolute Gasteiger partial charge is 0.138 e. The van der Waals surface area contributed by atoms with Gasteiger partial charge in [-0.25, -0.2) is 4.98 Å². The number of aryl methyl sites for hydroxylation is 1. The van der Waals surface area contributed by atoms with Crippen molar-refractivity contribution in [2.24, 2.45) is 0 Å². The molecule has 0 aliphatic carbocycles. The molecule has 3 nitrogen and oxygen atoms in total. The number of pyridine rings is 1. The summed E-state index contributed by atoms with van der Waals surface area (Å²) >= 11 is 0. The molecule has 0 bridgehead atoms. The number of fused-ring (bicyclic) bond motifs is 1. The Bertz CT molecular complexity index is 783. The lowest BCUT2D eigenvalue weighted by atomic mass is 10.1. The highest BCUT2D eigenvalue weighted by Crippen LogP contribution is 2.28. The van der Waals surface area contributed by atoms with Crippen molar-refractivity contribution in [3.8, 4) is 0 Å². The second kappa shape index (κ2) is 5.54. The maximum absolute atomic E-state index is 9.66. The lowest BCUT2D eigenvalue weighted by Crippen LogP contribution is -2.14. The molecular weight excluding hydrogens is 260 g/mol. The van der Waals surface area contributed by atoms with E-state index in [0.29, 0.717) is 0 Å². The van der Waals surface area contributed by atoms with Crippen LogP contribution in [-0.4, -0.2) is 17.1 Å². The van der Waals surface area contributed by atoms with Crippen LogP contribution in [-0.2, 0) is 6.61 Å². The Morgan fingerprint density at radius 2 is 1.86 bits per heavy atom. The molecule has 0 fully saturated rings. The van der Waals surface area contributed by atoms with Crippen LogP contribution >= 0.6 is 0 Å². The van der Waals surface area contributed by atoms with Gasteiger partial charge in [-0.15, -0.1) is 0 Å². The lowest BCUT2D eigenvalue weighted by Gasteiger charge is -2.22. The standard InChI is InChI=1S/C18H18N2O/c1-13-6-5-8-16(10-13)20(2)18-15(12-21)11-14-7-3-4-9-17(14)19-18/h3-11,21H,12H2,1-2H3. The minimum absolute atomic E-state index is 0.0245. The van der Waals surface area contributed by atoms with Crippen molar-refractivity contribution in [1.29, 1.82) is 0 Å². The summed E-state index contributed by atoms with van der Waals surface area (Å²) in [6, 6.07) is 18.2. The van der Waals surface area contributed by atoms with Crippen LogP contribution in [0.25, 0.3) is 10.9 Å². The van der Waals surface area contributed by atoms with Gasteiger partial charge in [0.25, 0.3) is 0 Å². The van der Waals surface area contributed by atoms with Gasteiger partial charge < -0.3 is 10.0 Å². The molecule has 0 radical (unpaired) electrons. The highest BCUT2D eigenvalue weighted by atomic mass is 16.3. The first kappa shape index (κ1) is 13.6. The van der Waals surface area contributed by atoms with Crippen molar-refractivity contribution < 1.29 is 5.11 Å². The molecule has 3 aromatic rings. The maximum Gasteiger partial charge on any atom is 0.138 e. The number of aliphatic hydroxyl groups is 1. The van der Waals surface area contributed by atoms with Gasteiger partial charge in [0.05, 0.1) is 12.1 Å². The molecule has 0 aliphatic rings. The zero-order valence-electron chi connectivity index (χ0n) is 12.2. The first-order valence-electron chi connectivity index (χ1n) is 6.99. The third-order valence-electron chi connectivity index (χ3n) is 3.66. The van der Waals surface area contributed by atoms with Gasteiger partial charge in [0.15, 0.2) is 0 Å². The predicted octanol–water partition coefficient (Wildman–Crippen LogP) is 3.80. The van der Waals surface area contributed by atoms with Crippen molar-refractivity contribution in [3.63, 3.8) is 0 Å². The normalized spacial score (nSPS) is 10.8. The molecule has 3 heteroatoms. The van der Waals surface area contributed by atoms with Crippen molar-refractivity contribution in [3.05, 3.63) is 65.7 Å². The number of para-hydroxylation sites is 1. The number of hydrogen-bond acceptors (Lipinski definition) is 3. The third-order valence-corrected chi connectivity index (χ3v) is 3.66. The first-order valence-corrected chi connectivity index (χ1v) is 6.99. The Hall–Kier alpha value is -2.39. The Morgan fingerprint density at radius 1 is 1.05 bits per heavy atom. The fourth-order valence-corrected chi connectivity index (χ4v) is 2.52. The molecule has 3 rings (SSSR count). The van der Waals surface area contributed by atoms with Crippen LogP contribution in [0.1, 0.15) is 11.1 Å². The molecule has 0 amide bonds. The van der Waals surface area contributed by atoms with E-state index in [4.69, 9.17) is 4.98 Å². The molecular formula is C18H18N2O. The fourth-order valence-electron chi connectivity index (χ4n) is 2.52. The lowest BCUT2D eigenvalue weighted by molar-refractivity contribution is 0.282. The topological polar surface area (TPSA) is 36.4 Å². The molecule has 0 atom stereocenters. The molecule has 0 saturated carbocycles. The van der Waals surface area contributed by atoms with Gasteiger partial charge >= 0.3 is 0 Å². The Kier molecular flexibility index (Phi) is 3.59. The first-order chi connectivity index (χ1) is 10.2. The van der Waals surface area contributed by atoms with E-state index in [1.54, 1.807) is 0 Å². The van der Waals surface area contributed by atoms with E-state index in [1.807, 2.05) is 54.4 Å². The van der Waals surface area contributed by atoms with E-state index in [0.717, 1.165) is 28.0 Å². The highest BCUT2D eigenvalue weighted by Gasteiger charge is 2.12. The van der Waals surface area contributed by atoms with Gasteiger partial charge in [0.1, 0.15) is 5.82 Å². The van der Waals surface area contributed by atoms with Crippen LogP contribution in [0, 0.1) is 6.92 Å². The van der Waals surface area contributed by atoms with Gasteiger partial charge in [0, 0.05) is 23.7 Å². The van der Waals surface area contributed by atoms with Gasteiger partial charge in [-0.2, -0.15) is 0 Å². The van der Waals surface area contributed by atoms with E-state index in [1.165, 1.54) is 5.56 Å². The minimum Gasteiger partial charge on any atom is -0.392 e. The quantitative estimate of drug-likeness (QED) is 0.791. The monoisotopic (exact) mass is 278 g/mol. The van der Waals surface area contributed by atoms with Crippen molar-refractivity contribution in [2.75, 3.05) is 11.9 Å². The highest BCUT2D eigenvalue weighted by molar-refractivity contribution is 5.82. The zero-order chi connectivity index (χ0) is 14.8. The van der Waals surface area contributed by atoms with Crippen molar-refractivity contribution >= 4 is 22.4 Å². The van der Waals surface area contributed by atoms with Crippen LogP contribution in [0.5, 0.6) is 0 Å². The predicted molar refractivity (Wildman–Crippen MR) is 86.9 cm³/mol. The molecule has 0 saturated heterocycles. The molecule has 21 heavy (non-hydrogen) atoms. The van der Waals surface area contributed by atoms with Crippen molar-refractivity contribution in [2.45, 2.75) is 13.5 Å². The molecule has 1 N–H and O–H groups in total. The van der Waals surface area contributed by atoms with E-state index >= 15 is 0 Å². The van der Waals surface area contributed by atoms with E-state index in [9.17, 15) is 5.11 Å². The largest absolute Gasteiger partial charge is 0.392 e. The van der Waals surface area contributed by atoms with E-state index < -0.39 is 0 Å². The SMILES string of the molecule is Cc1cccc(N(C)c2nc3ccccc3cc2CO)c1. The van der Waals surface area contributed by atoms with Gasteiger partial charge in [-0.3, -0.25) is 0 Å². The summed E-state index contributed by atoms with van der Waals surface area (Å²) in [5, 5.41) is 10.7. The van der Waals surface area contributed by atoms with Gasteiger partial charge in [-0.05, 0) is 36.8 Å². The summed E-state index contributed by atoms with van der Waals surface area (Å²) < 4.78 is 0. The molecule has 106 valence electrons. The molecule has 1 aromatic heterocycles. The van der Waals surface area contributed by atoms with Crippen LogP contribution < -0.4 is 4.90 Å². The Morgan fingerprint density at radius 3 is 2.62 bits per heavy atom. The molecule has 1 heterocycles. The summed E-state index contributed by atoms with van der Waals surface area (Å²) in [6.07, 6.45) is 0. The van der Waals surface area contributed by atoms with E-state index in [-0.39, 0.29) is 6.61 Å². The Balaban J connectivity index is 2.14. The minimum atomic E-state index is -0.0245. The number of rotatable bonds is 3. The number of benzene rings is 2. The maximum atomic E-state index is 9.66. The average molecular weight is 278 g/mol. The van der Waals surface area contributed by atoms with E-state index in [2.05, 4.69) is 19.1 Å². The second-order valence-electron chi connectivity index (χ2n) is 5.22. The van der Waals surface area contributed by atoms with Crippen LogP contribution in [0.15, 0.2) is 54.6 Å². The molecule has 0 aliphatic heterocycles. The number of aliphatic hydroxyl groups excluding tert-OH is 1. The summed E-state index contributed by atoms with van der Waals surface area (Å²) in [6.45, 7) is 2.04. The third kappa shape index (κ3) is 2.60. The fraction of sp³-hybridized carbons (Fsp3) is 0.167. The summed E-state index contributed by atoms with van der Waals surface area (Å²) in [5.41, 5.74) is 4.03. The molecule has 0 unspecified atom stereocenters. The average Bonchev–Trinajstić information content (AvgIpc) is 2.53. The molecule has 2 aromatic carbocycles. The van der Waals surface area contributed by atoms with Crippen LogP contribution in [0.2, 0.25) is 0 Å². The molecule has 0 spiro atoms. The summed E-state index contributed by atoms with van der Waals surface area (Å²) in [4.78, 5) is 6.74. The van der Waals surface area contributed by atoms with Crippen LogP contribution in [0.4, 0.5) is 11.5 Å². The summed E-state index contributed by atoms with van der Waals surface area (Å²) in [5.74, 6) is 0.793. The van der Waals surface area contributed by atoms with Gasteiger partial charge in [0.2, 0.25) is 0 Å². The summed E-state index contributed by atoms with van der Waals surface area (Å²) in [7, 11) is 1.98. The number of nitrogens with zero attached hydrogens (tertiary/aromatic N) is 2. The van der Waals surface area contributed by atoms with Crippen LogP contribution in [0.3, 0.4) is 0 Å².